The van der Waals surface area contributed by atoms with Gasteiger partial charge in [0.25, 0.3) is 5.69 Å². The van der Waals surface area contributed by atoms with Crippen molar-refractivity contribution in [1.29, 1.82) is 0 Å². The SMILES string of the molecule is CN(CCCCCO)c1cc([N+](=O)[O-])ccn1. The summed E-state index contributed by atoms with van der Waals surface area (Å²) in [7, 11) is 1.85. The second-order valence-corrected chi connectivity index (χ2v) is 3.84. The molecule has 0 atom stereocenters. The van der Waals surface area contributed by atoms with Crippen molar-refractivity contribution in [2.75, 3.05) is 25.1 Å². The van der Waals surface area contributed by atoms with Gasteiger partial charge in [-0.3, -0.25) is 10.1 Å². The Kier molecular flexibility index (Phi) is 5.35. The van der Waals surface area contributed by atoms with Crippen molar-refractivity contribution >= 4 is 11.5 Å². The van der Waals surface area contributed by atoms with Crippen molar-refractivity contribution in [1.82, 2.24) is 4.98 Å². The molecule has 94 valence electrons. The van der Waals surface area contributed by atoms with Crippen LogP contribution in [0.4, 0.5) is 11.5 Å². The van der Waals surface area contributed by atoms with Crippen LogP contribution in [0.3, 0.4) is 0 Å². The Labute approximate surface area is 100 Å². The molecule has 0 bridgehead atoms. The van der Waals surface area contributed by atoms with Crippen LogP contribution in [0, 0.1) is 10.1 Å². The number of aliphatic hydroxyl groups is 1. The standard InChI is InChI=1S/C11H17N3O3/c1-13(7-3-2-4-8-15)11-9-10(14(16)17)5-6-12-11/h5-6,9,15H,2-4,7-8H2,1H3. The maximum Gasteiger partial charge on any atom is 0.274 e. The number of hydrogen-bond donors (Lipinski definition) is 1. The van der Waals surface area contributed by atoms with Crippen LogP contribution >= 0.6 is 0 Å². The molecule has 1 aromatic rings. The number of aliphatic hydroxyl groups excluding tert-OH is 1. The van der Waals surface area contributed by atoms with Crippen LogP contribution in [-0.4, -0.2) is 35.2 Å². The van der Waals surface area contributed by atoms with E-state index < -0.39 is 4.92 Å². The van der Waals surface area contributed by atoms with Crippen LogP contribution in [0.15, 0.2) is 18.3 Å². The topological polar surface area (TPSA) is 79.5 Å². The lowest BCUT2D eigenvalue weighted by Gasteiger charge is -2.17. The van der Waals surface area contributed by atoms with Crippen molar-refractivity contribution in [3.05, 3.63) is 28.4 Å². The summed E-state index contributed by atoms with van der Waals surface area (Å²) < 4.78 is 0. The fraction of sp³-hybridized carbons (Fsp3) is 0.545. The Morgan fingerprint density at radius 1 is 1.47 bits per heavy atom. The van der Waals surface area contributed by atoms with Gasteiger partial charge in [-0.15, -0.1) is 0 Å². The first-order valence-corrected chi connectivity index (χ1v) is 5.57. The van der Waals surface area contributed by atoms with Gasteiger partial charge in [-0.25, -0.2) is 4.98 Å². The zero-order valence-electron chi connectivity index (χ0n) is 9.87. The van der Waals surface area contributed by atoms with Crippen LogP contribution in [-0.2, 0) is 0 Å². The summed E-state index contributed by atoms with van der Waals surface area (Å²) in [5.41, 5.74) is 0.0530. The maximum absolute atomic E-state index is 10.6. The van der Waals surface area contributed by atoms with Gasteiger partial charge in [0.2, 0.25) is 0 Å². The van der Waals surface area contributed by atoms with Crippen molar-refractivity contribution in [3.8, 4) is 0 Å². The van der Waals surface area contributed by atoms with Crippen molar-refractivity contribution in [3.63, 3.8) is 0 Å². The van der Waals surface area contributed by atoms with Gasteiger partial charge in [-0.05, 0) is 19.3 Å². The number of aromatic nitrogens is 1. The molecule has 6 nitrogen and oxygen atoms in total. The van der Waals surface area contributed by atoms with Crippen LogP contribution in [0.1, 0.15) is 19.3 Å². The molecule has 0 aliphatic rings. The molecular weight excluding hydrogens is 222 g/mol. The van der Waals surface area contributed by atoms with Gasteiger partial charge in [0, 0.05) is 32.5 Å². The molecule has 0 aliphatic carbocycles. The van der Waals surface area contributed by atoms with E-state index in [9.17, 15) is 10.1 Å². The molecule has 0 saturated heterocycles. The van der Waals surface area contributed by atoms with Crippen molar-refractivity contribution < 1.29 is 10.0 Å². The largest absolute Gasteiger partial charge is 0.396 e. The van der Waals surface area contributed by atoms with E-state index in [1.807, 2.05) is 11.9 Å². The highest BCUT2D eigenvalue weighted by atomic mass is 16.6. The molecular formula is C11H17N3O3. The van der Waals surface area contributed by atoms with Crippen LogP contribution in [0.2, 0.25) is 0 Å². The number of anilines is 1. The Hall–Kier alpha value is -1.69. The maximum atomic E-state index is 10.6. The summed E-state index contributed by atoms with van der Waals surface area (Å²) in [6.45, 7) is 0.979. The number of pyridine rings is 1. The van der Waals surface area contributed by atoms with E-state index in [2.05, 4.69) is 4.98 Å². The van der Waals surface area contributed by atoms with Gasteiger partial charge < -0.3 is 10.0 Å². The van der Waals surface area contributed by atoms with Gasteiger partial charge in [-0.1, -0.05) is 0 Å². The lowest BCUT2D eigenvalue weighted by molar-refractivity contribution is -0.384. The number of rotatable bonds is 7. The number of nitro groups is 1. The molecule has 0 spiro atoms. The van der Waals surface area contributed by atoms with Gasteiger partial charge >= 0.3 is 0 Å². The summed E-state index contributed by atoms with van der Waals surface area (Å²) in [6, 6.07) is 2.84. The molecule has 0 aromatic carbocycles. The molecule has 0 fully saturated rings. The van der Waals surface area contributed by atoms with Crippen LogP contribution < -0.4 is 4.90 Å². The predicted octanol–water partition coefficient (Wildman–Crippen LogP) is 1.59. The lowest BCUT2D eigenvalue weighted by atomic mass is 10.2. The average molecular weight is 239 g/mol. The molecule has 0 unspecified atom stereocenters. The van der Waals surface area contributed by atoms with Crippen LogP contribution in [0.5, 0.6) is 0 Å². The highest BCUT2D eigenvalue weighted by molar-refractivity contribution is 5.45. The van der Waals surface area contributed by atoms with E-state index in [1.165, 1.54) is 18.3 Å². The quantitative estimate of drug-likeness (QED) is 0.444. The van der Waals surface area contributed by atoms with Gasteiger partial charge in [-0.2, -0.15) is 0 Å². The molecule has 0 radical (unpaired) electrons. The first-order valence-electron chi connectivity index (χ1n) is 5.57. The molecule has 0 amide bonds. The highest BCUT2D eigenvalue weighted by Crippen LogP contribution is 2.17. The summed E-state index contributed by atoms with van der Waals surface area (Å²) in [5.74, 6) is 0.600. The Morgan fingerprint density at radius 3 is 2.88 bits per heavy atom. The van der Waals surface area contributed by atoms with E-state index in [4.69, 9.17) is 5.11 Å². The average Bonchev–Trinajstić information content (AvgIpc) is 2.34. The summed E-state index contributed by atoms with van der Waals surface area (Å²) >= 11 is 0. The van der Waals surface area contributed by atoms with E-state index in [-0.39, 0.29) is 12.3 Å². The molecule has 6 heteroatoms. The molecule has 1 N–H and O–H groups in total. The highest BCUT2D eigenvalue weighted by Gasteiger charge is 2.09. The number of nitrogens with zero attached hydrogens (tertiary/aromatic N) is 3. The first-order chi connectivity index (χ1) is 8.15. The summed E-state index contributed by atoms with van der Waals surface area (Å²) in [5, 5.41) is 19.3. The minimum absolute atomic E-state index is 0.0530. The Bertz CT molecular complexity index is 371. The zero-order valence-corrected chi connectivity index (χ0v) is 9.87. The Morgan fingerprint density at radius 2 is 2.24 bits per heavy atom. The third kappa shape index (κ3) is 4.36. The molecule has 17 heavy (non-hydrogen) atoms. The molecule has 1 aromatic heterocycles. The van der Waals surface area contributed by atoms with Crippen LogP contribution in [0.25, 0.3) is 0 Å². The molecule has 0 aliphatic heterocycles. The monoisotopic (exact) mass is 239 g/mol. The first kappa shape index (κ1) is 13.4. The predicted molar refractivity (Wildman–Crippen MR) is 65.1 cm³/mol. The van der Waals surface area contributed by atoms with E-state index in [0.29, 0.717) is 5.82 Å². The number of unbranched alkanes of at least 4 members (excludes halogenated alkanes) is 2. The smallest absolute Gasteiger partial charge is 0.274 e. The van der Waals surface area contributed by atoms with Gasteiger partial charge in [0.15, 0.2) is 0 Å². The third-order valence-electron chi connectivity index (χ3n) is 2.48. The van der Waals surface area contributed by atoms with E-state index in [1.54, 1.807) is 0 Å². The summed E-state index contributed by atoms with van der Waals surface area (Å²) in [4.78, 5) is 16.2. The van der Waals surface area contributed by atoms with Crippen molar-refractivity contribution in [2.45, 2.75) is 19.3 Å². The molecule has 1 heterocycles. The van der Waals surface area contributed by atoms with Gasteiger partial charge in [0.05, 0.1) is 11.0 Å². The van der Waals surface area contributed by atoms with Crippen molar-refractivity contribution in [2.24, 2.45) is 0 Å². The number of hydrogen-bond acceptors (Lipinski definition) is 5. The minimum atomic E-state index is -0.426. The summed E-state index contributed by atoms with van der Waals surface area (Å²) in [6.07, 6.45) is 4.10. The second-order valence-electron chi connectivity index (χ2n) is 3.84. The van der Waals surface area contributed by atoms with Gasteiger partial charge in [0.1, 0.15) is 5.82 Å². The van der Waals surface area contributed by atoms with E-state index >= 15 is 0 Å². The normalized spacial score (nSPS) is 10.2. The zero-order chi connectivity index (χ0) is 12.7. The lowest BCUT2D eigenvalue weighted by Crippen LogP contribution is -2.19. The fourth-order valence-electron chi connectivity index (χ4n) is 1.48. The van der Waals surface area contributed by atoms with E-state index in [0.717, 1.165) is 25.8 Å². The minimum Gasteiger partial charge on any atom is -0.396 e. The Balaban J connectivity index is 2.53. The second kappa shape index (κ2) is 6.80. The fourth-order valence-corrected chi connectivity index (χ4v) is 1.48. The molecule has 1 rings (SSSR count). The third-order valence-corrected chi connectivity index (χ3v) is 2.48. The molecule has 0 saturated carbocycles.